The van der Waals surface area contributed by atoms with Gasteiger partial charge in [0.15, 0.2) is 10.0 Å². The number of aromatic nitrogens is 5. The van der Waals surface area contributed by atoms with Gasteiger partial charge in [-0.15, -0.1) is 21.5 Å². The molecule has 0 spiro atoms. The number of carbonyl (C=O) groups is 1. The van der Waals surface area contributed by atoms with Crippen molar-refractivity contribution in [1.82, 2.24) is 30.1 Å². The van der Waals surface area contributed by atoms with Gasteiger partial charge in [-0.2, -0.15) is 18.0 Å². The minimum Gasteiger partial charge on any atom is -0.343 e. The number of amides is 1. The summed E-state index contributed by atoms with van der Waals surface area (Å²) in [6.07, 6.45) is -1.85. The summed E-state index contributed by atoms with van der Waals surface area (Å²) in [5.41, 5.74) is 0.105. The molecule has 3 aromatic rings. The number of hydrogen-bond donors (Lipinski definition) is 2. The van der Waals surface area contributed by atoms with Gasteiger partial charge in [-0.3, -0.25) is 4.79 Å². The molecule has 2 aromatic heterocycles. The molecule has 0 bridgehead atoms. The van der Waals surface area contributed by atoms with E-state index in [1.807, 2.05) is 0 Å². The third kappa shape index (κ3) is 8.08. The molecule has 1 amide bonds. The lowest BCUT2D eigenvalue weighted by Gasteiger charge is -2.33. The molecular weight excluding hydrogens is 607 g/mol. The second-order valence-electron chi connectivity index (χ2n) is 9.77. The molecule has 1 fully saturated rings. The lowest BCUT2D eigenvalue weighted by Crippen LogP contribution is -2.39. The van der Waals surface area contributed by atoms with Crippen LogP contribution in [0.3, 0.4) is 0 Å². The van der Waals surface area contributed by atoms with Crippen LogP contribution in [0.2, 0.25) is 0 Å². The summed E-state index contributed by atoms with van der Waals surface area (Å²) in [6.45, 7) is 2.38. The third-order valence-electron chi connectivity index (χ3n) is 6.85. The van der Waals surface area contributed by atoms with Crippen LogP contribution >= 0.6 is 11.3 Å². The Morgan fingerprint density at radius 1 is 1.22 bits per heavy atom. The van der Waals surface area contributed by atoms with Crippen LogP contribution in [0.1, 0.15) is 58.5 Å². The number of thiazole rings is 1. The highest BCUT2D eigenvalue weighted by Crippen LogP contribution is 2.34. The summed E-state index contributed by atoms with van der Waals surface area (Å²) >= 11 is 0.732. The molecule has 1 aliphatic heterocycles. The van der Waals surface area contributed by atoms with Crippen molar-refractivity contribution < 1.29 is 34.8 Å². The summed E-state index contributed by atoms with van der Waals surface area (Å²) < 4.78 is 86.7. The van der Waals surface area contributed by atoms with Gasteiger partial charge in [0.25, 0.3) is 0 Å². The molecule has 18 heteroatoms. The molecule has 2 N–H and O–H groups in total. The van der Waals surface area contributed by atoms with Gasteiger partial charge in [-0.05, 0) is 67.0 Å². The fourth-order valence-corrected chi connectivity index (χ4v) is 7.41. The maximum absolute atomic E-state index is 13.3. The van der Waals surface area contributed by atoms with Crippen molar-refractivity contribution in [2.75, 3.05) is 13.1 Å². The van der Waals surface area contributed by atoms with Crippen LogP contribution in [0.5, 0.6) is 0 Å². The molecule has 1 unspecified atom stereocenters. The lowest BCUT2D eigenvalue weighted by molar-refractivity contribution is -0.137. The van der Waals surface area contributed by atoms with Crippen molar-refractivity contribution in [3.8, 4) is 0 Å². The zero-order chi connectivity index (χ0) is 29.9. The highest BCUT2D eigenvalue weighted by molar-refractivity contribution is 7.91. The van der Waals surface area contributed by atoms with E-state index >= 15 is 0 Å². The molecule has 0 saturated carbocycles. The number of rotatable bonds is 10. The van der Waals surface area contributed by atoms with Crippen LogP contribution in [0, 0.1) is 12.8 Å². The van der Waals surface area contributed by atoms with Crippen molar-refractivity contribution in [2.24, 2.45) is 11.1 Å². The van der Waals surface area contributed by atoms with Crippen LogP contribution in [0.25, 0.3) is 0 Å². The Hall–Kier alpha value is -2.96. The number of sulfonamides is 1. The quantitative estimate of drug-likeness (QED) is 0.317. The number of carbonyl (C=O) groups excluding carboxylic acids is 1. The summed E-state index contributed by atoms with van der Waals surface area (Å²) in [4.78, 5) is 19.8. The van der Waals surface area contributed by atoms with Crippen molar-refractivity contribution in [2.45, 2.75) is 61.2 Å². The van der Waals surface area contributed by atoms with Gasteiger partial charge < -0.3 is 4.90 Å². The van der Waals surface area contributed by atoms with Gasteiger partial charge in [0, 0.05) is 19.5 Å². The molecular formula is C23H28F3N7O5S3. The predicted molar refractivity (Wildman–Crippen MR) is 142 cm³/mol. The molecule has 1 aromatic carbocycles. The molecule has 0 radical (unpaired) electrons. The Bertz CT molecular complexity index is 1570. The number of tetrazole rings is 1. The van der Waals surface area contributed by atoms with Crippen LogP contribution in [0.15, 0.2) is 28.6 Å². The second-order valence-corrected chi connectivity index (χ2v) is 13.8. The maximum Gasteiger partial charge on any atom is 0.416 e. The number of halogens is 3. The number of alkyl halides is 3. The maximum atomic E-state index is 13.3. The number of primary sulfonamides is 1. The van der Waals surface area contributed by atoms with Gasteiger partial charge in [-0.25, -0.2) is 27.0 Å². The van der Waals surface area contributed by atoms with Crippen LogP contribution in [-0.4, -0.2) is 65.9 Å². The van der Waals surface area contributed by atoms with Crippen molar-refractivity contribution >= 4 is 38.0 Å². The first-order chi connectivity index (χ1) is 19.2. The molecule has 1 saturated heterocycles. The van der Waals surface area contributed by atoms with Crippen molar-refractivity contribution in [1.29, 1.82) is 0 Å². The van der Waals surface area contributed by atoms with Gasteiger partial charge in [0.2, 0.25) is 15.9 Å². The Morgan fingerprint density at radius 3 is 2.49 bits per heavy atom. The smallest absolute Gasteiger partial charge is 0.343 e. The van der Waals surface area contributed by atoms with Crippen LogP contribution in [-0.2, 0) is 44.7 Å². The first-order valence-corrected chi connectivity index (χ1v) is 16.1. The number of likely N-dealkylation sites (tertiary alicyclic amines) is 1. The van der Waals surface area contributed by atoms with E-state index in [4.69, 9.17) is 5.14 Å². The fraction of sp³-hybridized carbons (Fsp3) is 0.522. The zero-order valence-corrected chi connectivity index (χ0v) is 24.3. The second kappa shape index (κ2) is 12.5. The van der Waals surface area contributed by atoms with E-state index < -0.39 is 37.7 Å². The largest absolute Gasteiger partial charge is 0.416 e. The number of aryl methyl sites for hydroxylation is 2. The summed E-state index contributed by atoms with van der Waals surface area (Å²) in [6, 6.07) is 3.39. The summed E-state index contributed by atoms with van der Waals surface area (Å²) in [5.74, 6) is 0.192. The minimum absolute atomic E-state index is 0.0272. The number of thiol groups is 1. The van der Waals surface area contributed by atoms with E-state index in [0.29, 0.717) is 42.9 Å². The average molecular weight is 636 g/mol. The normalized spacial score (nSPS) is 15.9. The highest BCUT2D eigenvalue weighted by atomic mass is 32.2. The predicted octanol–water partition coefficient (Wildman–Crippen LogP) is 2.07. The molecule has 12 nitrogen and oxygen atoms in total. The van der Waals surface area contributed by atoms with Gasteiger partial charge >= 0.3 is 6.18 Å². The fourth-order valence-electron chi connectivity index (χ4n) is 4.70. The number of hydrogen-bond acceptors (Lipinski definition) is 10. The van der Waals surface area contributed by atoms with E-state index in [9.17, 15) is 34.8 Å². The Balaban J connectivity index is 1.36. The Kier molecular flexibility index (Phi) is 9.45. The Morgan fingerprint density at radius 2 is 1.93 bits per heavy atom. The number of nitrogens with two attached hydrogens (primary N) is 1. The first-order valence-electron chi connectivity index (χ1n) is 12.5. The van der Waals surface area contributed by atoms with Gasteiger partial charge in [0.05, 0.1) is 18.3 Å². The lowest BCUT2D eigenvalue weighted by atomic mass is 9.91. The molecule has 224 valence electrons. The standard InChI is InChI=1S/C23H28F3N7O5S3/c1-14-29-31-33(30-14)13-17-11-18(23(24,25)26)4-2-16(17)3-5-20(34)32-8-6-15(7-9-32)10-19(40(35)36)22-28-12-21(39-22)41(27,37)38/h2,4,11-12,15,19,40H,3,5-10,13H2,1H3,(H2,27,37,38). The number of nitrogens with zero attached hydrogens (tertiary/aromatic N) is 6. The highest BCUT2D eigenvalue weighted by Gasteiger charge is 2.32. The van der Waals surface area contributed by atoms with Gasteiger partial charge in [-0.1, -0.05) is 6.07 Å². The minimum atomic E-state index is -4.53. The SMILES string of the molecule is Cc1nnn(Cc2cc(C(F)(F)F)ccc2CCC(=O)N2CCC(CC(c3ncc(S(N)(=O)=O)s3)[SH](=O)=O)CC2)n1. The van der Waals surface area contributed by atoms with E-state index in [-0.39, 0.29) is 46.8 Å². The van der Waals surface area contributed by atoms with Crippen molar-refractivity contribution in [3.63, 3.8) is 0 Å². The van der Waals surface area contributed by atoms with Crippen molar-refractivity contribution in [3.05, 3.63) is 51.9 Å². The van der Waals surface area contributed by atoms with Crippen LogP contribution in [0.4, 0.5) is 13.2 Å². The monoisotopic (exact) mass is 635 g/mol. The third-order valence-corrected chi connectivity index (χ3v) is 10.5. The Labute approximate surface area is 239 Å². The molecule has 1 aliphatic rings. The summed E-state index contributed by atoms with van der Waals surface area (Å²) in [5, 5.41) is 15.9. The van der Waals surface area contributed by atoms with E-state index in [1.165, 1.54) is 10.9 Å². The van der Waals surface area contributed by atoms with Gasteiger partial charge in [0.1, 0.15) is 21.0 Å². The number of benzene rings is 1. The first kappa shape index (κ1) is 31.0. The van der Waals surface area contributed by atoms with E-state index in [1.54, 1.807) is 11.8 Å². The van der Waals surface area contributed by atoms with E-state index in [2.05, 4.69) is 20.4 Å². The number of piperidine rings is 1. The molecule has 4 rings (SSSR count). The molecule has 41 heavy (non-hydrogen) atoms. The summed E-state index contributed by atoms with van der Waals surface area (Å²) in [7, 11) is -6.91. The van der Waals surface area contributed by atoms with E-state index in [0.717, 1.165) is 29.7 Å². The molecule has 0 aliphatic carbocycles. The molecule has 1 atom stereocenters. The average Bonchev–Trinajstić information content (AvgIpc) is 3.55. The zero-order valence-electron chi connectivity index (χ0n) is 21.8. The van der Waals surface area contributed by atoms with Crippen LogP contribution < -0.4 is 5.14 Å². The molecule has 3 heterocycles. The topological polar surface area (TPSA) is 171 Å².